The van der Waals surface area contributed by atoms with Crippen molar-refractivity contribution in [2.24, 2.45) is 0 Å². The standard InChI is InChI=1S/C118H180O12Si6/c1-11-108-97-116-99-118-100-117-98-115-96-101(2)109-78-66-102(67-79-109)60-48-36-25-13-19-31-43-55-91-132(120-4,121-5)127-134(123-7,93-57-45-33-21-15-27-38-50-62-104-70-82-111(115)83-71-104)129-136(125-9,95-59-47-35-23-17-29-40-52-64-106-74-86-113(117)87-75-106)130-135(124-8,94-58-46-34-22-16-28-41-53-65-107-76-88-114(118)89-77-107)128-133(122-6,92-56-44-32-20-14-26-39-51-63-105-72-84-112(116)85-73-105)126-131(10,119-3)90-54-42-30-18-12-24-37-49-61-103-68-80-110(108)81-69-103/h11,66-89,96-100H,12-65,90-95H2,1-10H3/b101-96-,108-11-,115-98-,116-97-,117-100-,118-99-. The van der Waals surface area contributed by atoms with Crippen molar-refractivity contribution in [2.45, 2.75) is 403 Å². The molecule has 0 radical (unpaired) electrons. The van der Waals surface area contributed by atoms with Crippen LogP contribution in [-0.4, -0.2) is 102 Å². The summed E-state index contributed by atoms with van der Waals surface area (Å²) in [5, 5.41) is 0. The molecule has 5 unspecified atom stereocenters. The van der Waals surface area contributed by atoms with Gasteiger partial charge in [-0.15, -0.1) is 0 Å². The van der Waals surface area contributed by atoms with Gasteiger partial charge in [-0.3, -0.25) is 0 Å². The van der Waals surface area contributed by atoms with Crippen LogP contribution in [0.4, 0.5) is 0 Å². The molecule has 18 heteroatoms. The molecule has 0 aliphatic carbocycles. The lowest BCUT2D eigenvalue weighted by Gasteiger charge is -2.46. The van der Waals surface area contributed by atoms with Gasteiger partial charge >= 0.3 is 52.6 Å². The van der Waals surface area contributed by atoms with Gasteiger partial charge in [-0.1, -0.05) is 395 Å². The number of benzene rings is 6. The van der Waals surface area contributed by atoms with Gasteiger partial charge in [-0.25, -0.2) is 0 Å². The molecule has 0 spiro atoms. The molecular weight excluding hydrogens is 1780 g/mol. The fourth-order valence-corrected chi connectivity index (χ4v) is 47.1. The first-order valence-electron chi connectivity index (χ1n) is 54.8. The van der Waals surface area contributed by atoms with Crippen molar-refractivity contribution >= 4 is 86.0 Å². The molecule has 0 saturated carbocycles. The van der Waals surface area contributed by atoms with E-state index in [4.69, 9.17) is 51.6 Å². The van der Waals surface area contributed by atoms with Crippen molar-refractivity contribution in [2.75, 3.05) is 49.8 Å². The number of aryl methyl sites for hydroxylation is 6. The predicted octanol–water partition coefficient (Wildman–Crippen LogP) is 33.9. The fourth-order valence-electron chi connectivity index (χ4n) is 21.0. The normalized spacial score (nSPS) is 27.5. The molecule has 5 atom stereocenters. The summed E-state index contributed by atoms with van der Waals surface area (Å²) >= 11 is 0. The van der Waals surface area contributed by atoms with Crippen molar-refractivity contribution in [1.82, 2.24) is 0 Å². The minimum atomic E-state index is -4.08. The van der Waals surface area contributed by atoms with Crippen LogP contribution < -0.4 is 0 Å². The van der Waals surface area contributed by atoms with E-state index in [9.17, 15) is 0 Å². The molecule has 15 aliphatic heterocycles. The monoisotopic (exact) mass is 1960 g/mol. The Hall–Kier alpha value is -5.42. The van der Waals surface area contributed by atoms with Gasteiger partial charge in [-0.05, 0) is 260 Å². The van der Waals surface area contributed by atoms with Gasteiger partial charge in [0, 0.05) is 80.0 Å². The zero-order valence-electron chi connectivity index (χ0n) is 86.6. The second-order valence-electron chi connectivity index (χ2n) is 40.6. The smallest absolute Gasteiger partial charge is 0.398 e. The highest BCUT2D eigenvalue weighted by Gasteiger charge is 2.64. The molecule has 15 heterocycles. The van der Waals surface area contributed by atoms with Crippen LogP contribution >= 0.6 is 0 Å². The predicted molar refractivity (Wildman–Crippen MR) is 585 cm³/mol. The number of hydrogen-bond donors (Lipinski definition) is 0. The quantitative estimate of drug-likeness (QED) is 0.142. The molecule has 21 rings (SSSR count). The highest BCUT2D eigenvalue weighted by atomic mass is 28.5. The van der Waals surface area contributed by atoms with Gasteiger partial charge in [0.05, 0.1) is 0 Å². The molecule has 0 amide bonds. The third-order valence-corrected chi connectivity index (χ3v) is 53.6. The Kier molecular flexibility index (Phi) is 50.2. The summed E-state index contributed by atoms with van der Waals surface area (Å²) in [5.74, 6) is 0. The highest BCUT2D eigenvalue weighted by Crippen LogP contribution is 2.43. The second-order valence-corrected chi connectivity index (χ2v) is 59.6. The second kappa shape index (κ2) is 61.5. The van der Waals surface area contributed by atoms with E-state index in [1.165, 1.54) is 248 Å². The van der Waals surface area contributed by atoms with Crippen LogP contribution in [0.15, 0.2) is 182 Å². The van der Waals surface area contributed by atoms with Gasteiger partial charge in [0.1, 0.15) is 0 Å². The summed E-state index contributed by atoms with van der Waals surface area (Å²) in [5.41, 5.74) is 22.9. The molecule has 0 aromatic heterocycles. The van der Waals surface area contributed by atoms with Gasteiger partial charge in [-0.2, -0.15) is 0 Å². The topological polar surface area (TPSA) is 111 Å². The summed E-state index contributed by atoms with van der Waals surface area (Å²) in [6.07, 6.45) is 74.7. The van der Waals surface area contributed by atoms with Gasteiger partial charge in [0.15, 0.2) is 0 Å². The molecule has 15 aliphatic rings. The highest BCUT2D eigenvalue weighted by molar-refractivity contribution is 6.87. The van der Waals surface area contributed by atoms with E-state index >= 15 is 0 Å². The Morgan fingerprint density at radius 2 is 0.419 bits per heavy atom. The van der Waals surface area contributed by atoms with Gasteiger partial charge < -0.3 is 51.6 Å². The van der Waals surface area contributed by atoms with E-state index in [1.54, 1.807) is 14.2 Å². The van der Waals surface area contributed by atoms with Crippen molar-refractivity contribution in [3.8, 4) is 0 Å². The molecule has 6 aromatic carbocycles. The summed E-state index contributed by atoms with van der Waals surface area (Å²) in [4.78, 5) is 0. The van der Waals surface area contributed by atoms with Crippen molar-refractivity contribution < 1.29 is 51.6 Å². The Bertz CT molecular complexity index is 4530. The zero-order chi connectivity index (χ0) is 95.5. The summed E-state index contributed by atoms with van der Waals surface area (Å²) < 4.78 is 89.7. The molecular formula is C118H180O12Si6. The maximum absolute atomic E-state index is 8.31. The van der Waals surface area contributed by atoms with Crippen LogP contribution in [0.3, 0.4) is 0 Å². The fraction of sp³-hybridized carbons (Fsp3) is 0.593. The average molecular weight is 1960 g/mol. The van der Waals surface area contributed by atoms with Crippen LogP contribution in [-0.2, 0) is 90.1 Å². The lowest BCUT2D eigenvalue weighted by molar-refractivity contribution is 0.0573. The number of rotatable bonds is 7. The first-order chi connectivity index (χ1) is 66.6. The van der Waals surface area contributed by atoms with Gasteiger partial charge in [0.25, 0.3) is 0 Å². The van der Waals surface area contributed by atoms with E-state index in [-0.39, 0.29) is 0 Å². The first-order valence-corrected chi connectivity index (χ1v) is 66.9. The Labute approximate surface area is 833 Å². The van der Waals surface area contributed by atoms with Crippen LogP contribution in [0, 0.1) is 0 Å². The minimum absolute atomic E-state index is 0.525. The molecule has 0 fully saturated rings. The Morgan fingerprint density at radius 3 is 0.676 bits per heavy atom. The minimum Gasteiger partial charge on any atom is -0.398 e. The van der Waals surface area contributed by atoms with E-state index < -0.39 is 52.6 Å². The number of hydrogen-bond acceptors (Lipinski definition) is 12. The Balaban J connectivity index is 1.15. The lowest BCUT2D eigenvalue weighted by atomic mass is 9.90. The van der Waals surface area contributed by atoms with E-state index in [2.05, 4.69) is 202 Å². The molecule has 20 bridgehead atoms. The Morgan fingerprint density at radius 1 is 0.206 bits per heavy atom. The summed E-state index contributed by atoms with van der Waals surface area (Å²) in [6.45, 7) is 6.83. The number of fused-ring (bicyclic) bond motifs is 2. The molecule has 12 nitrogen and oxygen atoms in total. The maximum atomic E-state index is 8.31. The first kappa shape index (κ1) is 111. The number of allylic oxidation sites excluding steroid dienone is 12. The van der Waals surface area contributed by atoms with Crippen LogP contribution in [0.5, 0.6) is 0 Å². The van der Waals surface area contributed by atoms with Crippen LogP contribution in [0.2, 0.25) is 42.8 Å². The molecule has 6 aromatic rings. The summed E-state index contributed by atoms with van der Waals surface area (Å²) in [6, 6.07) is 61.6. The van der Waals surface area contributed by atoms with Crippen molar-refractivity contribution in [1.29, 1.82) is 0 Å². The zero-order valence-corrected chi connectivity index (χ0v) is 92.6. The SMILES string of the molecule is C/C=C1/C=C2/C=C3/C=C4/C=C5/C=C(/C)c6ccc(cc6)CCCCCCCCCC[Si](OC)(OC)O[Si](OC)(CCCCCCCCCCc6ccc5cc6)O[Si](OC)(CCCCCCCCCCc5ccc4cc5)O[Si](OC)(CCCCCCCCCCc4ccc3cc4)O[Si](OC)(CCCCCCCCCCc3ccc2cc3)O[Si](C)(OC)CCCCCCCCCCc2ccc1cc2. The lowest BCUT2D eigenvalue weighted by Crippen LogP contribution is -2.69. The third-order valence-electron chi connectivity index (χ3n) is 30.0. The molecule has 748 valence electrons. The third kappa shape index (κ3) is 37.7. The van der Waals surface area contributed by atoms with E-state index in [1.807, 2.05) is 35.5 Å². The molecule has 0 N–H and O–H groups in total. The van der Waals surface area contributed by atoms with E-state index in [0.29, 0.717) is 30.2 Å². The average Bonchev–Trinajstić information content (AvgIpc) is 0.764. The summed E-state index contributed by atoms with van der Waals surface area (Å²) in [7, 11) is -9.68. The maximum Gasteiger partial charge on any atom is 0.493 e. The largest absolute Gasteiger partial charge is 0.493 e. The van der Waals surface area contributed by atoms with E-state index in [0.717, 1.165) is 205 Å². The molecule has 136 heavy (non-hydrogen) atoms. The van der Waals surface area contributed by atoms with Crippen LogP contribution in [0.1, 0.15) is 389 Å². The van der Waals surface area contributed by atoms with Crippen LogP contribution in [0.25, 0.3) is 33.4 Å². The molecule has 0 saturated heterocycles. The van der Waals surface area contributed by atoms with Gasteiger partial charge in [0.2, 0.25) is 0 Å². The van der Waals surface area contributed by atoms with Crippen molar-refractivity contribution in [3.63, 3.8) is 0 Å². The van der Waals surface area contributed by atoms with Crippen molar-refractivity contribution in [3.05, 3.63) is 249 Å².